The molecule has 0 spiro atoms. The summed E-state index contributed by atoms with van der Waals surface area (Å²) in [4.78, 5) is 23.8. The lowest BCUT2D eigenvalue weighted by molar-refractivity contribution is -0.159. The quantitative estimate of drug-likeness (QED) is 0.0427. The van der Waals surface area contributed by atoms with E-state index in [1.165, 1.54) is 77.0 Å². The van der Waals surface area contributed by atoms with Crippen LogP contribution in [0, 0.1) is 0 Å². The SMILES string of the molecule is CCCCCC=CCC=CCCCCCCCC(=O)OC(=O)CCCCCCCC=CCC=CCCCCC. The molecule has 3 heteroatoms. The number of rotatable bonds is 28. The third-order valence-electron chi connectivity index (χ3n) is 6.89. The number of allylic oxidation sites excluding steroid dienone is 8. The second-order valence-corrected chi connectivity index (χ2v) is 10.8. The van der Waals surface area contributed by atoms with Crippen molar-refractivity contribution in [3.63, 3.8) is 0 Å². The molecule has 0 saturated heterocycles. The van der Waals surface area contributed by atoms with Crippen LogP contribution in [0.2, 0.25) is 0 Å². The number of esters is 2. The molecule has 0 N–H and O–H groups in total. The first-order valence-electron chi connectivity index (χ1n) is 16.5. The van der Waals surface area contributed by atoms with Gasteiger partial charge < -0.3 is 4.74 Å². The average Bonchev–Trinajstić information content (AvgIpc) is 2.93. The molecule has 224 valence electrons. The van der Waals surface area contributed by atoms with Gasteiger partial charge in [-0.2, -0.15) is 0 Å². The molecule has 0 bridgehead atoms. The first-order chi connectivity index (χ1) is 19.2. The van der Waals surface area contributed by atoms with E-state index in [2.05, 4.69) is 62.5 Å². The standard InChI is InChI=1S/C36H62O3/c1-3-5-7-9-11-13-15-17-19-21-23-25-27-29-31-33-35(37)39-36(38)34-32-30-28-26-24-22-20-18-16-14-12-10-8-6-4-2/h11-14,17-20H,3-10,15-16,21-34H2,1-2H3. The number of ether oxygens (including phenoxy) is 1. The van der Waals surface area contributed by atoms with Crippen LogP contribution in [0.5, 0.6) is 0 Å². The number of hydrogen-bond donors (Lipinski definition) is 0. The van der Waals surface area contributed by atoms with Gasteiger partial charge in [0.15, 0.2) is 0 Å². The van der Waals surface area contributed by atoms with Gasteiger partial charge >= 0.3 is 11.9 Å². The van der Waals surface area contributed by atoms with Crippen LogP contribution in [-0.4, -0.2) is 11.9 Å². The van der Waals surface area contributed by atoms with Crippen LogP contribution < -0.4 is 0 Å². The Hall–Kier alpha value is -1.90. The average molecular weight is 543 g/mol. The van der Waals surface area contributed by atoms with Crippen molar-refractivity contribution in [3.8, 4) is 0 Å². The molecule has 0 atom stereocenters. The molecule has 0 heterocycles. The molecule has 39 heavy (non-hydrogen) atoms. The molecule has 0 unspecified atom stereocenters. The fraction of sp³-hybridized carbons (Fsp3) is 0.722. The number of carbonyl (C=O) groups is 2. The van der Waals surface area contributed by atoms with E-state index >= 15 is 0 Å². The third-order valence-corrected chi connectivity index (χ3v) is 6.89. The van der Waals surface area contributed by atoms with Crippen LogP contribution in [0.1, 0.15) is 168 Å². The zero-order chi connectivity index (χ0) is 28.5. The molecule has 0 amide bonds. The van der Waals surface area contributed by atoms with Crippen molar-refractivity contribution in [3.05, 3.63) is 48.6 Å². The molecule has 0 fully saturated rings. The fourth-order valence-corrected chi connectivity index (χ4v) is 4.39. The van der Waals surface area contributed by atoms with Crippen molar-refractivity contribution in [2.75, 3.05) is 0 Å². The molecular formula is C36H62O3. The lowest BCUT2D eigenvalue weighted by atomic mass is 10.1. The molecule has 0 saturated carbocycles. The Balaban J connectivity index is 3.44. The lowest BCUT2D eigenvalue weighted by Gasteiger charge is -2.04. The van der Waals surface area contributed by atoms with Crippen LogP contribution >= 0.6 is 0 Å². The van der Waals surface area contributed by atoms with Gasteiger partial charge in [0.05, 0.1) is 0 Å². The van der Waals surface area contributed by atoms with Gasteiger partial charge in [-0.05, 0) is 77.0 Å². The summed E-state index contributed by atoms with van der Waals surface area (Å²) in [5.74, 6) is -0.707. The highest BCUT2D eigenvalue weighted by Gasteiger charge is 2.09. The molecule has 0 rings (SSSR count). The highest BCUT2D eigenvalue weighted by molar-refractivity contribution is 5.85. The Labute approximate surface area is 242 Å². The largest absolute Gasteiger partial charge is 0.393 e. The van der Waals surface area contributed by atoms with Gasteiger partial charge in [-0.15, -0.1) is 0 Å². The van der Waals surface area contributed by atoms with E-state index in [1.54, 1.807) is 0 Å². The summed E-state index contributed by atoms with van der Waals surface area (Å²) in [5.41, 5.74) is 0. The van der Waals surface area contributed by atoms with Crippen molar-refractivity contribution >= 4 is 11.9 Å². The van der Waals surface area contributed by atoms with E-state index in [1.807, 2.05) is 0 Å². The van der Waals surface area contributed by atoms with Crippen LogP contribution in [0.4, 0.5) is 0 Å². The Bertz CT molecular complexity index is 600. The monoisotopic (exact) mass is 542 g/mol. The minimum Gasteiger partial charge on any atom is -0.393 e. The van der Waals surface area contributed by atoms with E-state index in [0.29, 0.717) is 12.8 Å². The molecule has 0 radical (unpaired) electrons. The van der Waals surface area contributed by atoms with Gasteiger partial charge in [0.1, 0.15) is 0 Å². The summed E-state index contributed by atoms with van der Waals surface area (Å²) >= 11 is 0. The van der Waals surface area contributed by atoms with E-state index in [9.17, 15) is 9.59 Å². The highest BCUT2D eigenvalue weighted by atomic mass is 16.6. The Kier molecular flexibility index (Phi) is 30.7. The minimum absolute atomic E-state index is 0.353. The number of carbonyl (C=O) groups excluding carboxylic acids is 2. The van der Waals surface area contributed by atoms with Gasteiger partial charge in [-0.3, -0.25) is 9.59 Å². The Morgan fingerprint density at radius 3 is 1.08 bits per heavy atom. The third kappa shape index (κ3) is 32.2. The predicted octanol–water partition coefficient (Wildman–Crippen LogP) is 11.7. The zero-order valence-corrected chi connectivity index (χ0v) is 25.8. The Morgan fingerprint density at radius 2 is 0.718 bits per heavy atom. The number of unbranched alkanes of at least 4 members (excludes halogenated alkanes) is 16. The van der Waals surface area contributed by atoms with E-state index in [-0.39, 0.29) is 11.9 Å². The molecular weight excluding hydrogens is 480 g/mol. The lowest BCUT2D eigenvalue weighted by Crippen LogP contribution is -2.11. The van der Waals surface area contributed by atoms with Gasteiger partial charge in [0.2, 0.25) is 0 Å². The molecule has 0 aromatic rings. The van der Waals surface area contributed by atoms with Crippen molar-refractivity contribution in [1.82, 2.24) is 0 Å². The van der Waals surface area contributed by atoms with Crippen molar-refractivity contribution < 1.29 is 14.3 Å². The van der Waals surface area contributed by atoms with Gasteiger partial charge in [0.25, 0.3) is 0 Å². The topological polar surface area (TPSA) is 43.4 Å². The maximum atomic E-state index is 11.9. The van der Waals surface area contributed by atoms with Crippen molar-refractivity contribution in [2.45, 2.75) is 168 Å². The second-order valence-electron chi connectivity index (χ2n) is 10.8. The molecule has 3 nitrogen and oxygen atoms in total. The predicted molar refractivity (Wildman–Crippen MR) is 170 cm³/mol. The normalized spacial score (nSPS) is 12.1. The maximum absolute atomic E-state index is 11.9. The summed E-state index contributed by atoms with van der Waals surface area (Å²) in [6.45, 7) is 4.48. The summed E-state index contributed by atoms with van der Waals surface area (Å²) < 4.78 is 4.98. The van der Waals surface area contributed by atoms with Gasteiger partial charge in [-0.1, -0.05) is 127 Å². The first-order valence-corrected chi connectivity index (χ1v) is 16.5. The maximum Gasteiger partial charge on any atom is 0.313 e. The van der Waals surface area contributed by atoms with Crippen LogP contribution in [-0.2, 0) is 14.3 Å². The minimum atomic E-state index is -0.353. The smallest absolute Gasteiger partial charge is 0.313 e. The van der Waals surface area contributed by atoms with Crippen LogP contribution in [0.3, 0.4) is 0 Å². The first kappa shape index (κ1) is 37.1. The van der Waals surface area contributed by atoms with Gasteiger partial charge in [0, 0.05) is 12.8 Å². The summed E-state index contributed by atoms with van der Waals surface area (Å²) in [5, 5.41) is 0. The van der Waals surface area contributed by atoms with Crippen molar-refractivity contribution in [1.29, 1.82) is 0 Å². The number of hydrogen-bond acceptors (Lipinski definition) is 3. The fourth-order valence-electron chi connectivity index (χ4n) is 4.39. The van der Waals surface area contributed by atoms with E-state index in [4.69, 9.17) is 4.74 Å². The second kappa shape index (κ2) is 32.3. The van der Waals surface area contributed by atoms with Crippen LogP contribution in [0.15, 0.2) is 48.6 Å². The van der Waals surface area contributed by atoms with E-state index in [0.717, 1.165) is 64.2 Å². The Morgan fingerprint density at radius 1 is 0.410 bits per heavy atom. The zero-order valence-electron chi connectivity index (χ0n) is 25.8. The van der Waals surface area contributed by atoms with Crippen molar-refractivity contribution in [2.24, 2.45) is 0 Å². The van der Waals surface area contributed by atoms with Gasteiger partial charge in [-0.25, -0.2) is 0 Å². The molecule has 0 aliphatic heterocycles. The summed E-state index contributed by atoms with van der Waals surface area (Å²) in [7, 11) is 0. The molecule has 0 aliphatic carbocycles. The summed E-state index contributed by atoms with van der Waals surface area (Å²) in [6.07, 6.45) is 44.3. The molecule has 0 aliphatic rings. The summed E-state index contributed by atoms with van der Waals surface area (Å²) in [6, 6.07) is 0. The molecule has 0 aromatic carbocycles. The molecule has 0 aromatic heterocycles. The van der Waals surface area contributed by atoms with Crippen LogP contribution in [0.25, 0.3) is 0 Å². The van der Waals surface area contributed by atoms with E-state index < -0.39 is 0 Å². The highest BCUT2D eigenvalue weighted by Crippen LogP contribution is 2.11.